The number of hydrogen-bond acceptors (Lipinski definition) is 2. The van der Waals surface area contributed by atoms with Crippen LogP contribution < -0.4 is 10.6 Å². The van der Waals surface area contributed by atoms with Gasteiger partial charge < -0.3 is 15.5 Å². The van der Waals surface area contributed by atoms with Crippen molar-refractivity contribution in [3.8, 4) is 0 Å². The minimum atomic E-state index is -0.173. The molecule has 0 bridgehead atoms. The number of anilines is 1. The van der Waals surface area contributed by atoms with Crippen molar-refractivity contribution in [3.63, 3.8) is 0 Å². The van der Waals surface area contributed by atoms with Crippen LogP contribution in [0.3, 0.4) is 0 Å². The van der Waals surface area contributed by atoms with E-state index in [0.717, 1.165) is 12.8 Å². The maximum Gasteiger partial charge on any atom is 0.321 e. The van der Waals surface area contributed by atoms with Crippen LogP contribution in [-0.4, -0.2) is 36.0 Å². The Bertz CT molecular complexity index is 535. The molecule has 0 atom stereocenters. The third-order valence-corrected chi connectivity index (χ3v) is 4.40. The van der Waals surface area contributed by atoms with E-state index in [4.69, 9.17) is 0 Å². The fourth-order valence-corrected chi connectivity index (χ4v) is 3.01. The summed E-state index contributed by atoms with van der Waals surface area (Å²) >= 11 is 0. The molecule has 1 saturated carbocycles. The number of para-hydroxylation sites is 1. The average molecular weight is 317 g/mol. The van der Waals surface area contributed by atoms with Gasteiger partial charge in [-0.1, -0.05) is 31.4 Å². The Morgan fingerprint density at radius 1 is 1.09 bits per heavy atom. The van der Waals surface area contributed by atoms with Crippen LogP contribution in [0.15, 0.2) is 24.3 Å². The molecule has 0 aliphatic heterocycles. The van der Waals surface area contributed by atoms with Crippen LogP contribution in [0.2, 0.25) is 0 Å². The van der Waals surface area contributed by atoms with Crippen molar-refractivity contribution in [2.75, 3.05) is 18.4 Å². The van der Waals surface area contributed by atoms with E-state index < -0.39 is 0 Å². The van der Waals surface area contributed by atoms with E-state index in [1.165, 1.54) is 19.3 Å². The van der Waals surface area contributed by atoms with Gasteiger partial charge in [-0.2, -0.15) is 0 Å². The molecule has 0 heterocycles. The number of benzene rings is 1. The zero-order valence-electron chi connectivity index (χ0n) is 14.1. The molecule has 2 rings (SSSR count). The van der Waals surface area contributed by atoms with Crippen molar-refractivity contribution < 1.29 is 9.59 Å². The third kappa shape index (κ3) is 4.71. The molecular weight excluding hydrogens is 290 g/mol. The maximum absolute atomic E-state index is 12.5. The van der Waals surface area contributed by atoms with Gasteiger partial charge in [-0.3, -0.25) is 4.79 Å². The summed E-state index contributed by atoms with van der Waals surface area (Å²) in [5, 5.41) is 5.96. The van der Waals surface area contributed by atoms with Crippen LogP contribution in [-0.2, 0) is 0 Å². The van der Waals surface area contributed by atoms with E-state index in [9.17, 15) is 9.59 Å². The lowest BCUT2D eigenvalue weighted by atomic mass is 9.95. The molecule has 1 aliphatic rings. The molecular formula is C18H27N3O2. The minimum absolute atomic E-state index is 0.104. The lowest BCUT2D eigenvalue weighted by molar-refractivity contribution is 0.0928. The van der Waals surface area contributed by atoms with E-state index in [2.05, 4.69) is 10.6 Å². The number of nitrogens with zero attached hydrogens (tertiary/aromatic N) is 1. The molecule has 0 radical (unpaired) electrons. The van der Waals surface area contributed by atoms with Crippen molar-refractivity contribution in [1.29, 1.82) is 0 Å². The average Bonchev–Trinajstić information content (AvgIpc) is 2.57. The quantitative estimate of drug-likeness (QED) is 0.871. The van der Waals surface area contributed by atoms with E-state index in [0.29, 0.717) is 24.3 Å². The van der Waals surface area contributed by atoms with Gasteiger partial charge in [-0.15, -0.1) is 0 Å². The van der Waals surface area contributed by atoms with Gasteiger partial charge in [0, 0.05) is 19.1 Å². The zero-order chi connectivity index (χ0) is 16.7. The van der Waals surface area contributed by atoms with Crippen molar-refractivity contribution in [2.24, 2.45) is 0 Å². The molecule has 1 fully saturated rings. The highest BCUT2D eigenvalue weighted by atomic mass is 16.2. The number of carbonyl (C=O) groups is 2. The van der Waals surface area contributed by atoms with Gasteiger partial charge >= 0.3 is 6.03 Å². The van der Waals surface area contributed by atoms with Crippen molar-refractivity contribution in [1.82, 2.24) is 10.2 Å². The largest absolute Gasteiger partial charge is 0.349 e. The van der Waals surface area contributed by atoms with Crippen LogP contribution in [0.1, 0.15) is 56.3 Å². The van der Waals surface area contributed by atoms with Gasteiger partial charge in [0.2, 0.25) is 0 Å². The fraction of sp³-hybridized carbons (Fsp3) is 0.556. The molecule has 0 saturated heterocycles. The molecule has 0 aromatic heterocycles. The Labute approximate surface area is 138 Å². The van der Waals surface area contributed by atoms with Gasteiger partial charge in [0.15, 0.2) is 0 Å². The predicted molar refractivity (Wildman–Crippen MR) is 92.7 cm³/mol. The Kier molecular flexibility index (Phi) is 6.44. The first-order valence-corrected chi connectivity index (χ1v) is 8.61. The molecule has 126 valence electrons. The molecule has 0 unspecified atom stereocenters. The van der Waals surface area contributed by atoms with Crippen molar-refractivity contribution in [2.45, 2.75) is 52.0 Å². The van der Waals surface area contributed by atoms with Crippen molar-refractivity contribution >= 4 is 17.6 Å². The molecule has 0 spiro atoms. The summed E-state index contributed by atoms with van der Waals surface area (Å²) in [5.74, 6) is -0.104. The number of amides is 3. The summed E-state index contributed by atoms with van der Waals surface area (Å²) in [4.78, 5) is 26.5. The van der Waals surface area contributed by atoms with Gasteiger partial charge in [-0.05, 0) is 38.8 Å². The summed E-state index contributed by atoms with van der Waals surface area (Å²) in [6, 6.07) is 7.27. The van der Waals surface area contributed by atoms with Crippen molar-refractivity contribution in [3.05, 3.63) is 29.8 Å². The number of rotatable bonds is 5. The zero-order valence-corrected chi connectivity index (χ0v) is 14.1. The number of hydrogen-bond donors (Lipinski definition) is 2. The Morgan fingerprint density at radius 2 is 1.74 bits per heavy atom. The lowest BCUT2D eigenvalue weighted by Crippen LogP contribution is -2.38. The Balaban J connectivity index is 2.07. The molecule has 23 heavy (non-hydrogen) atoms. The van der Waals surface area contributed by atoms with E-state index in [1.54, 1.807) is 17.0 Å². The molecule has 5 heteroatoms. The molecule has 1 aromatic carbocycles. The fourth-order valence-electron chi connectivity index (χ4n) is 3.01. The summed E-state index contributed by atoms with van der Waals surface area (Å²) in [7, 11) is 0. The first-order valence-electron chi connectivity index (χ1n) is 8.61. The number of urea groups is 1. The van der Waals surface area contributed by atoms with Gasteiger partial charge in [0.25, 0.3) is 5.91 Å². The summed E-state index contributed by atoms with van der Waals surface area (Å²) in [6.45, 7) is 5.15. The maximum atomic E-state index is 12.5. The van der Waals surface area contributed by atoms with Crippen LogP contribution in [0.4, 0.5) is 10.5 Å². The summed E-state index contributed by atoms with van der Waals surface area (Å²) in [6.07, 6.45) is 5.68. The Morgan fingerprint density at radius 3 is 2.39 bits per heavy atom. The highest BCUT2D eigenvalue weighted by molar-refractivity contribution is 6.03. The van der Waals surface area contributed by atoms with Gasteiger partial charge in [-0.25, -0.2) is 4.79 Å². The topological polar surface area (TPSA) is 61.4 Å². The molecule has 2 N–H and O–H groups in total. The van der Waals surface area contributed by atoms with Crippen LogP contribution in [0.5, 0.6) is 0 Å². The number of nitrogens with one attached hydrogen (secondary N) is 2. The van der Waals surface area contributed by atoms with Gasteiger partial charge in [0.1, 0.15) is 0 Å². The van der Waals surface area contributed by atoms with Crippen LogP contribution >= 0.6 is 0 Å². The predicted octanol–water partition coefficient (Wildman–Crippen LogP) is 3.62. The van der Waals surface area contributed by atoms with Gasteiger partial charge in [0.05, 0.1) is 11.3 Å². The molecule has 1 aliphatic carbocycles. The second-order valence-electron chi connectivity index (χ2n) is 5.96. The molecule has 5 nitrogen and oxygen atoms in total. The highest BCUT2D eigenvalue weighted by Crippen LogP contribution is 2.20. The number of carbonyl (C=O) groups excluding carboxylic acids is 2. The molecule has 3 amide bonds. The monoisotopic (exact) mass is 317 g/mol. The third-order valence-electron chi connectivity index (χ3n) is 4.40. The summed E-state index contributed by atoms with van der Waals surface area (Å²) < 4.78 is 0. The first kappa shape index (κ1) is 17.3. The standard InChI is InChI=1S/C18H27N3O2/c1-3-21(4-2)18(23)20-16-13-9-8-12-15(16)17(22)19-14-10-6-5-7-11-14/h8-9,12-14H,3-7,10-11H2,1-2H3,(H,19,22)(H,20,23). The SMILES string of the molecule is CCN(CC)C(=O)Nc1ccccc1C(=O)NC1CCCCC1. The normalized spacial score (nSPS) is 15.0. The molecule has 1 aromatic rings. The van der Waals surface area contributed by atoms with E-state index in [1.807, 2.05) is 26.0 Å². The van der Waals surface area contributed by atoms with E-state index >= 15 is 0 Å². The second kappa shape index (κ2) is 8.56. The summed E-state index contributed by atoms with van der Waals surface area (Å²) in [5.41, 5.74) is 1.09. The minimum Gasteiger partial charge on any atom is -0.349 e. The second-order valence-corrected chi connectivity index (χ2v) is 5.96. The van der Waals surface area contributed by atoms with Crippen LogP contribution in [0.25, 0.3) is 0 Å². The first-order chi connectivity index (χ1) is 11.2. The Hall–Kier alpha value is -2.04. The highest BCUT2D eigenvalue weighted by Gasteiger charge is 2.19. The smallest absolute Gasteiger partial charge is 0.321 e. The lowest BCUT2D eigenvalue weighted by Gasteiger charge is -2.24. The van der Waals surface area contributed by atoms with E-state index in [-0.39, 0.29) is 18.0 Å². The van der Waals surface area contributed by atoms with Crippen LogP contribution in [0, 0.1) is 0 Å².